The highest BCUT2D eigenvalue weighted by molar-refractivity contribution is 5.97. The number of benzene rings is 1. The van der Waals surface area contributed by atoms with Gasteiger partial charge in [-0.25, -0.2) is 4.79 Å². The lowest BCUT2D eigenvalue weighted by atomic mass is 10.2. The predicted molar refractivity (Wildman–Crippen MR) is 59.4 cm³/mol. The summed E-state index contributed by atoms with van der Waals surface area (Å²) >= 11 is 0. The van der Waals surface area contributed by atoms with Crippen molar-refractivity contribution in [3.05, 3.63) is 47.0 Å². The Balaban J connectivity index is 2.34. The molecule has 1 amide bonds. The number of aromatic nitrogens is 1. The number of rotatable bonds is 3. The van der Waals surface area contributed by atoms with Crippen LogP contribution in [0.4, 0.5) is 0 Å². The van der Waals surface area contributed by atoms with Crippen LogP contribution in [-0.4, -0.2) is 17.4 Å². The van der Waals surface area contributed by atoms with Crippen molar-refractivity contribution in [2.45, 2.75) is 0 Å². The number of H-pyrrole nitrogens is 1. The minimum Gasteiger partial charge on any atom is -0.408 e. The summed E-state index contributed by atoms with van der Waals surface area (Å²) in [5.41, 5.74) is 1.41. The smallest absolute Gasteiger partial charge is 0.408 e. The van der Waals surface area contributed by atoms with E-state index < -0.39 is 5.76 Å². The Morgan fingerprint density at radius 3 is 3.12 bits per heavy atom. The molecular weight excluding hydrogens is 208 g/mol. The topological polar surface area (TPSA) is 75.1 Å². The molecule has 0 radical (unpaired) electrons. The number of hydrogen-bond donors (Lipinski definition) is 2. The Hall–Kier alpha value is -2.30. The number of carbonyl (C=O) groups is 1. The van der Waals surface area contributed by atoms with E-state index in [2.05, 4.69) is 16.9 Å². The zero-order valence-corrected chi connectivity index (χ0v) is 8.45. The van der Waals surface area contributed by atoms with Gasteiger partial charge in [-0.05, 0) is 18.2 Å². The molecule has 0 saturated carbocycles. The van der Waals surface area contributed by atoms with Gasteiger partial charge < -0.3 is 9.73 Å². The third-order valence-corrected chi connectivity index (χ3v) is 2.09. The molecule has 0 bridgehead atoms. The van der Waals surface area contributed by atoms with Crippen LogP contribution in [0.5, 0.6) is 0 Å². The lowest BCUT2D eigenvalue weighted by molar-refractivity contribution is 0.0958. The molecule has 0 spiro atoms. The summed E-state index contributed by atoms with van der Waals surface area (Å²) in [7, 11) is 0. The molecule has 2 N–H and O–H groups in total. The molecule has 5 nitrogen and oxygen atoms in total. The Morgan fingerprint density at radius 1 is 1.56 bits per heavy atom. The number of carbonyl (C=O) groups excluding carboxylic acids is 1. The highest BCUT2D eigenvalue weighted by Crippen LogP contribution is 2.11. The Morgan fingerprint density at radius 2 is 2.38 bits per heavy atom. The fourth-order valence-corrected chi connectivity index (χ4v) is 1.36. The molecule has 2 rings (SSSR count). The van der Waals surface area contributed by atoms with Crippen LogP contribution in [-0.2, 0) is 0 Å². The van der Waals surface area contributed by atoms with Crippen LogP contribution in [0.1, 0.15) is 10.4 Å². The molecule has 0 saturated heterocycles. The predicted octanol–water partition coefficient (Wildman–Crippen LogP) is 1.04. The first-order chi connectivity index (χ1) is 7.70. The summed E-state index contributed by atoms with van der Waals surface area (Å²) in [4.78, 5) is 25.0. The fourth-order valence-electron chi connectivity index (χ4n) is 1.36. The van der Waals surface area contributed by atoms with Crippen LogP contribution in [0.3, 0.4) is 0 Å². The third kappa shape index (κ3) is 1.88. The summed E-state index contributed by atoms with van der Waals surface area (Å²) in [6, 6.07) is 4.74. The van der Waals surface area contributed by atoms with Gasteiger partial charge in [-0.3, -0.25) is 9.78 Å². The summed E-state index contributed by atoms with van der Waals surface area (Å²) in [6.45, 7) is 3.90. The second kappa shape index (κ2) is 4.06. The van der Waals surface area contributed by atoms with E-state index in [9.17, 15) is 9.59 Å². The second-order valence-corrected chi connectivity index (χ2v) is 3.22. The average Bonchev–Trinajstić information content (AvgIpc) is 2.64. The van der Waals surface area contributed by atoms with Crippen molar-refractivity contribution in [3.63, 3.8) is 0 Å². The highest BCUT2D eigenvalue weighted by atomic mass is 16.4. The SMILES string of the molecule is C=CCNC(=O)c1ccc2oc(=O)[nH]c2c1. The lowest BCUT2D eigenvalue weighted by Crippen LogP contribution is -2.22. The van der Waals surface area contributed by atoms with Gasteiger partial charge in [0, 0.05) is 12.1 Å². The Kier molecular flexibility index (Phi) is 2.59. The monoisotopic (exact) mass is 218 g/mol. The van der Waals surface area contributed by atoms with Crippen molar-refractivity contribution in [1.82, 2.24) is 10.3 Å². The standard InChI is InChI=1S/C11H10N2O3/c1-2-5-12-10(14)7-3-4-9-8(6-7)13-11(15)16-9/h2-4,6H,1,5H2,(H,12,14)(H,13,15). The van der Waals surface area contributed by atoms with Gasteiger partial charge in [-0.2, -0.15) is 0 Å². The molecule has 0 atom stereocenters. The van der Waals surface area contributed by atoms with Gasteiger partial charge in [0.1, 0.15) is 0 Å². The maximum absolute atomic E-state index is 11.6. The summed E-state index contributed by atoms with van der Waals surface area (Å²) in [5.74, 6) is -0.748. The first-order valence-electron chi connectivity index (χ1n) is 4.72. The van der Waals surface area contributed by atoms with Gasteiger partial charge in [0.2, 0.25) is 0 Å². The molecule has 0 aliphatic heterocycles. The number of hydrogen-bond acceptors (Lipinski definition) is 3. The molecule has 5 heteroatoms. The summed E-state index contributed by atoms with van der Waals surface area (Å²) < 4.78 is 4.82. The molecule has 1 aromatic heterocycles. The summed E-state index contributed by atoms with van der Waals surface area (Å²) in [6.07, 6.45) is 1.59. The average molecular weight is 218 g/mol. The zero-order valence-electron chi connectivity index (χ0n) is 8.45. The van der Waals surface area contributed by atoms with Gasteiger partial charge in [0.05, 0.1) is 5.52 Å². The van der Waals surface area contributed by atoms with Crippen LogP contribution in [0.25, 0.3) is 11.1 Å². The van der Waals surface area contributed by atoms with Crippen LogP contribution < -0.4 is 11.1 Å². The van der Waals surface area contributed by atoms with Crippen molar-refractivity contribution in [2.75, 3.05) is 6.54 Å². The third-order valence-electron chi connectivity index (χ3n) is 2.09. The van der Waals surface area contributed by atoms with Crippen LogP contribution in [0.2, 0.25) is 0 Å². The van der Waals surface area contributed by atoms with E-state index in [1.807, 2.05) is 0 Å². The molecule has 0 aliphatic rings. The first kappa shape index (κ1) is 10.2. The molecular formula is C11H10N2O3. The molecule has 1 heterocycles. The van der Waals surface area contributed by atoms with Gasteiger partial charge in [-0.1, -0.05) is 6.08 Å². The number of oxazole rings is 1. The molecule has 0 fully saturated rings. The number of aromatic amines is 1. The van der Waals surface area contributed by atoms with E-state index in [1.54, 1.807) is 24.3 Å². The van der Waals surface area contributed by atoms with E-state index >= 15 is 0 Å². The molecule has 1 aromatic carbocycles. The Labute approximate surface area is 90.8 Å². The molecule has 2 aromatic rings. The van der Waals surface area contributed by atoms with Crippen LogP contribution in [0.15, 0.2) is 40.1 Å². The zero-order chi connectivity index (χ0) is 11.5. The number of nitrogens with one attached hydrogen (secondary N) is 2. The van der Waals surface area contributed by atoms with Gasteiger partial charge in [0.15, 0.2) is 5.58 Å². The minimum atomic E-state index is -0.529. The summed E-state index contributed by atoms with van der Waals surface area (Å²) in [5, 5.41) is 2.64. The molecule has 0 aliphatic carbocycles. The first-order valence-corrected chi connectivity index (χ1v) is 4.72. The number of fused-ring (bicyclic) bond motifs is 1. The van der Waals surface area contributed by atoms with Crippen LogP contribution >= 0.6 is 0 Å². The molecule has 0 unspecified atom stereocenters. The van der Waals surface area contributed by atoms with Crippen molar-refractivity contribution >= 4 is 17.0 Å². The van der Waals surface area contributed by atoms with Crippen molar-refractivity contribution < 1.29 is 9.21 Å². The minimum absolute atomic E-state index is 0.219. The molecule has 82 valence electrons. The maximum Gasteiger partial charge on any atom is 0.417 e. The number of amides is 1. The van der Waals surface area contributed by atoms with E-state index in [1.165, 1.54) is 0 Å². The van der Waals surface area contributed by atoms with Gasteiger partial charge in [-0.15, -0.1) is 6.58 Å². The van der Waals surface area contributed by atoms with E-state index in [0.717, 1.165) is 0 Å². The van der Waals surface area contributed by atoms with Gasteiger partial charge in [0.25, 0.3) is 5.91 Å². The second-order valence-electron chi connectivity index (χ2n) is 3.22. The Bertz CT molecular complexity index is 595. The van der Waals surface area contributed by atoms with Crippen molar-refractivity contribution in [2.24, 2.45) is 0 Å². The van der Waals surface area contributed by atoms with E-state index in [-0.39, 0.29) is 5.91 Å². The normalized spacial score (nSPS) is 10.2. The highest BCUT2D eigenvalue weighted by Gasteiger charge is 2.07. The van der Waals surface area contributed by atoms with Crippen molar-refractivity contribution in [3.8, 4) is 0 Å². The maximum atomic E-state index is 11.6. The van der Waals surface area contributed by atoms with E-state index in [0.29, 0.717) is 23.2 Å². The van der Waals surface area contributed by atoms with E-state index in [4.69, 9.17) is 4.42 Å². The largest absolute Gasteiger partial charge is 0.417 e. The fraction of sp³-hybridized carbons (Fsp3) is 0.0909. The lowest BCUT2D eigenvalue weighted by Gasteiger charge is -2.01. The van der Waals surface area contributed by atoms with Gasteiger partial charge >= 0.3 is 5.76 Å². The quantitative estimate of drug-likeness (QED) is 0.756. The molecule has 16 heavy (non-hydrogen) atoms. The van der Waals surface area contributed by atoms with Crippen molar-refractivity contribution in [1.29, 1.82) is 0 Å². The van der Waals surface area contributed by atoms with Crippen LogP contribution in [0, 0.1) is 0 Å².